The van der Waals surface area contributed by atoms with E-state index >= 15 is 0 Å². The van der Waals surface area contributed by atoms with Crippen LogP contribution in [0.25, 0.3) is 0 Å². The third kappa shape index (κ3) is 4.55. The molecule has 0 fully saturated rings. The number of ether oxygens (including phenoxy) is 2. The van der Waals surface area contributed by atoms with Crippen LogP contribution in [0.5, 0.6) is 11.5 Å². The largest absolute Gasteiger partial charge is 0.497 e. The van der Waals surface area contributed by atoms with Crippen molar-refractivity contribution in [2.75, 3.05) is 24.9 Å². The van der Waals surface area contributed by atoms with Gasteiger partial charge in [0.2, 0.25) is 0 Å². The van der Waals surface area contributed by atoms with Crippen LogP contribution in [-0.2, 0) is 0 Å². The molecule has 138 valence electrons. The summed E-state index contributed by atoms with van der Waals surface area (Å²) in [7, 11) is 3.20. The standard InChI is InChI=1S/C21H19FN2O3/c1-26-18-11-12-20(27-2)19(13-18)23-16-7-9-17(10-8-16)24-21(25)14-3-5-15(22)6-4-14/h3-13,23H,1-2H3,(H,24,25). The first-order chi connectivity index (χ1) is 13.1. The molecule has 3 aromatic carbocycles. The molecule has 0 aliphatic heterocycles. The zero-order valence-corrected chi connectivity index (χ0v) is 15.0. The van der Waals surface area contributed by atoms with Crippen LogP contribution < -0.4 is 20.1 Å². The van der Waals surface area contributed by atoms with Crippen molar-refractivity contribution in [2.45, 2.75) is 0 Å². The summed E-state index contributed by atoms with van der Waals surface area (Å²) >= 11 is 0. The number of hydrogen-bond donors (Lipinski definition) is 2. The molecule has 27 heavy (non-hydrogen) atoms. The molecule has 0 heterocycles. The van der Waals surface area contributed by atoms with Crippen LogP contribution in [0.15, 0.2) is 66.7 Å². The Bertz CT molecular complexity index is 925. The Morgan fingerprint density at radius 3 is 2.15 bits per heavy atom. The van der Waals surface area contributed by atoms with E-state index in [9.17, 15) is 9.18 Å². The van der Waals surface area contributed by atoms with E-state index in [1.54, 1.807) is 26.4 Å². The van der Waals surface area contributed by atoms with Crippen molar-refractivity contribution in [1.82, 2.24) is 0 Å². The highest BCUT2D eigenvalue weighted by molar-refractivity contribution is 6.04. The first-order valence-corrected chi connectivity index (χ1v) is 8.25. The molecule has 6 heteroatoms. The second-order valence-electron chi connectivity index (χ2n) is 5.73. The van der Waals surface area contributed by atoms with Crippen LogP contribution in [-0.4, -0.2) is 20.1 Å². The van der Waals surface area contributed by atoms with Gasteiger partial charge >= 0.3 is 0 Å². The molecule has 5 nitrogen and oxygen atoms in total. The number of rotatable bonds is 6. The van der Waals surface area contributed by atoms with Gasteiger partial charge in [-0.2, -0.15) is 0 Å². The van der Waals surface area contributed by atoms with Crippen molar-refractivity contribution >= 4 is 23.0 Å². The molecule has 0 unspecified atom stereocenters. The Balaban J connectivity index is 1.70. The van der Waals surface area contributed by atoms with Gasteiger partial charge in [0.25, 0.3) is 5.91 Å². The topological polar surface area (TPSA) is 59.6 Å². The van der Waals surface area contributed by atoms with E-state index in [1.165, 1.54) is 24.3 Å². The molecule has 0 saturated heterocycles. The molecule has 0 bridgehead atoms. The third-order valence-corrected chi connectivity index (χ3v) is 3.93. The molecule has 0 atom stereocenters. The van der Waals surface area contributed by atoms with E-state index in [0.29, 0.717) is 22.7 Å². The number of benzene rings is 3. The predicted octanol–water partition coefficient (Wildman–Crippen LogP) is 4.84. The Hall–Kier alpha value is -3.54. The van der Waals surface area contributed by atoms with Crippen molar-refractivity contribution < 1.29 is 18.7 Å². The SMILES string of the molecule is COc1ccc(OC)c(Nc2ccc(NC(=O)c3ccc(F)cc3)cc2)c1. The Morgan fingerprint density at radius 1 is 0.852 bits per heavy atom. The van der Waals surface area contributed by atoms with Gasteiger partial charge in [0.15, 0.2) is 0 Å². The summed E-state index contributed by atoms with van der Waals surface area (Å²) in [6, 6.07) is 18.1. The van der Waals surface area contributed by atoms with Gasteiger partial charge in [0, 0.05) is 23.0 Å². The average Bonchev–Trinajstić information content (AvgIpc) is 2.70. The molecule has 0 saturated carbocycles. The second-order valence-corrected chi connectivity index (χ2v) is 5.73. The zero-order valence-electron chi connectivity index (χ0n) is 15.0. The van der Waals surface area contributed by atoms with Gasteiger partial charge in [-0.1, -0.05) is 0 Å². The van der Waals surface area contributed by atoms with Gasteiger partial charge in [-0.25, -0.2) is 4.39 Å². The van der Waals surface area contributed by atoms with Crippen molar-refractivity contribution in [3.63, 3.8) is 0 Å². The summed E-state index contributed by atoms with van der Waals surface area (Å²) in [6.07, 6.45) is 0. The smallest absolute Gasteiger partial charge is 0.255 e. The fraction of sp³-hybridized carbons (Fsp3) is 0.0952. The molecule has 1 amide bonds. The van der Waals surface area contributed by atoms with Crippen molar-refractivity contribution in [2.24, 2.45) is 0 Å². The van der Waals surface area contributed by atoms with Gasteiger partial charge in [-0.3, -0.25) is 4.79 Å². The normalized spacial score (nSPS) is 10.2. The molecule has 0 aromatic heterocycles. The van der Waals surface area contributed by atoms with Crippen molar-refractivity contribution in [3.8, 4) is 11.5 Å². The first-order valence-electron chi connectivity index (χ1n) is 8.25. The second kappa shape index (κ2) is 8.23. The minimum Gasteiger partial charge on any atom is -0.497 e. The van der Waals surface area contributed by atoms with E-state index in [-0.39, 0.29) is 11.7 Å². The summed E-state index contributed by atoms with van der Waals surface area (Å²) in [5.74, 6) is 0.714. The van der Waals surface area contributed by atoms with Crippen molar-refractivity contribution in [3.05, 3.63) is 78.1 Å². The first kappa shape index (κ1) is 18.3. The lowest BCUT2D eigenvalue weighted by molar-refractivity contribution is 0.102. The molecule has 2 N–H and O–H groups in total. The van der Waals surface area contributed by atoms with Crippen LogP contribution >= 0.6 is 0 Å². The number of methoxy groups -OCH3 is 2. The van der Waals surface area contributed by atoms with Gasteiger partial charge in [0.1, 0.15) is 17.3 Å². The zero-order chi connectivity index (χ0) is 19.2. The Morgan fingerprint density at radius 2 is 1.52 bits per heavy atom. The van der Waals surface area contributed by atoms with E-state index in [0.717, 1.165) is 11.4 Å². The van der Waals surface area contributed by atoms with E-state index < -0.39 is 0 Å². The molecule has 0 aliphatic rings. The monoisotopic (exact) mass is 366 g/mol. The Labute approximate surface area is 156 Å². The van der Waals surface area contributed by atoms with Gasteiger partial charge in [-0.05, 0) is 60.7 Å². The van der Waals surface area contributed by atoms with Crippen LogP contribution in [0, 0.1) is 5.82 Å². The number of hydrogen-bond acceptors (Lipinski definition) is 4. The fourth-order valence-electron chi connectivity index (χ4n) is 2.51. The number of anilines is 3. The van der Waals surface area contributed by atoms with Gasteiger partial charge in [0.05, 0.1) is 19.9 Å². The lowest BCUT2D eigenvalue weighted by atomic mass is 10.2. The summed E-state index contributed by atoms with van der Waals surface area (Å²) in [5, 5.41) is 6.03. The van der Waals surface area contributed by atoms with Crippen LogP contribution in [0.2, 0.25) is 0 Å². The molecule has 0 aliphatic carbocycles. The molecular weight excluding hydrogens is 347 g/mol. The Kier molecular flexibility index (Phi) is 5.56. The molecule has 0 radical (unpaired) electrons. The summed E-state index contributed by atoms with van der Waals surface area (Å²) in [4.78, 5) is 12.2. The summed E-state index contributed by atoms with van der Waals surface area (Å²) in [5.41, 5.74) is 2.61. The number of carbonyl (C=O) groups excluding carboxylic acids is 1. The number of carbonyl (C=O) groups is 1. The predicted molar refractivity (Wildman–Crippen MR) is 104 cm³/mol. The highest BCUT2D eigenvalue weighted by atomic mass is 19.1. The minimum absolute atomic E-state index is 0.301. The lowest BCUT2D eigenvalue weighted by Gasteiger charge is -2.13. The fourth-order valence-corrected chi connectivity index (χ4v) is 2.51. The van der Waals surface area contributed by atoms with Crippen LogP contribution in [0.4, 0.5) is 21.5 Å². The quantitative estimate of drug-likeness (QED) is 0.655. The third-order valence-electron chi connectivity index (χ3n) is 3.93. The van der Waals surface area contributed by atoms with Crippen LogP contribution in [0.1, 0.15) is 10.4 Å². The van der Waals surface area contributed by atoms with E-state index in [4.69, 9.17) is 9.47 Å². The molecule has 0 spiro atoms. The van der Waals surface area contributed by atoms with Crippen LogP contribution in [0.3, 0.4) is 0 Å². The highest BCUT2D eigenvalue weighted by Crippen LogP contribution is 2.31. The number of nitrogens with one attached hydrogen (secondary N) is 2. The van der Waals surface area contributed by atoms with E-state index in [1.807, 2.05) is 30.3 Å². The molecule has 3 aromatic rings. The van der Waals surface area contributed by atoms with Gasteiger partial charge < -0.3 is 20.1 Å². The molecule has 3 rings (SSSR count). The highest BCUT2D eigenvalue weighted by Gasteiger charge is 2.08. The lowest BCUT2D eigenvalue weighted by Crippen LogP contribution is -2.11. The molecular formula is C21H19FN2O3. The average molecular weight is 366 g/mol. The number of amides is 1. The number of halogens is 1. The minimum atomic E-state index is -0.380. The maximum absolute atomic E-state index is 12.9. The summed E-state index contributed by atoms with van der Waals surface area (Å²) < 4.78 is 23.5. The van der Waals surface area contributed by atoms with Gasteiger partial charge in [-0.15, -0.1) is 0 Å². The summed E-state index contributed by atoms with van der Waals surface area (Å²) in [6.45, 7) is 0. The maximum Gasteiger partial charge on any atom is 0.255 e. The maximum atomic E-state index is 12.9. The van der Waals surface area contributed by atoms with E-state index in [2.05, 4.69) is 10.6 Å². The van der Waals surface area contributed by atoms with Crippen molar-refractivity contribution in [1.29, 1.82) is 0 Å².